The molecule has 0 spiro atoms. The van der Waals surface area contributed by atoms with Crippen LogP contribution >= 0.6 is 0 Å². The van der Waals surface area contributed by atoms with Gasteiger partial charge in [-0.3, -0.25) is 0 Å². The first-order valence-electron chi connectivity index (χ1n) is 4.58. The van der Waals surface area contributed by atoms with Crippen molar-refractivity contribution in [3.8, 4) is 0 Å². The lowest BCUT2D eigenvalue weighted by Gasteiger charge is -2.16. The van der Waals surface area contributed by atoms with Crippen LogP contribution < -0.4 is 4.90 Å². The van der Waals surface area contributed by atoms with Crippen LogP contribution in [0.2, 0.25) is 0 Å². The maximum atomic E-state index is 10.8. The van der Waals surface area contributed by atoms with E-state index in [1.54, 1.807) is 25.1 Å². The number of likely N-dealkylation sites (N-methyl/N-ethyl adjacent to an activating group) is 1. The fourth-order valence-corrected chi connectivity index (χ4v) is 1.26. The molecule has 0 unspecified atom stereocenters. The summed E-state index contributed by atoms with van der Waals surface area (Å²) in [6.07, 6.45) is 1.74. The molecular formula is C11H14N2O2. The molecule has 0 saturated heterocycles. The number of carboxylic acid groups (broad SMARTS) is 1. The number of aryl methyl sites for hydroxylation is 1. The van der Waals surface area contributed by atoms with Crippen LogP contribution in [-0.2, 0) is 0 Å². The minimum absolute atomic E-state index is 0.258. The Morgan fingerprint density at radius 1 is 1.67 bits per heavy atom. The van der Waals surface area contributed by atoms with E-state index >= 15 is 0 Å². The van der Waals surface area contributed by atoms with E-state index in [0.717, 1.165) is 0 Å². The maximum Gasteiger partial charge on any atom is 0.335 e. The van der Waals surface area contributed by atoms with E-state index in [-0.39, 0.29) is 5.56 Å². The normalized spacial score (nSPS) is 9.73. The molecule has 1 N–H and O–H groups in total. The largest absolute Gasteiger partial charge is 0.478 e. The van der Waals surface area contributed by atoms with Gasteiger partial charge >= 0.3 is 5.97 Å². The molecule has 1 aromatic heterocycles. The minimum Gasteiger partial charge on any atom is -0.478 e. The third-order valence-corrected chi connectivity index (χ3v) is 1.98. The van der Waals surface area contributed by atoms with Gasteiger partial charge in [0.25, 0.3) is 0 Å². The standard InChI is InChI=1S/C11H14N2O2/c1-4-5-13(3)10-7-9(11(14)15)6-8(2)12-10/h4,6-7H,1,5H2,2-3H3,(H,14,15). The highest BCUT2D eigenvalue weighted by Gasteiger charge is 2.08. The number of carboxylic acids is 1. The summed E-state index contributed by atoms with van der Waals surface area (Å²) in [6.45, 7) is 6.03. The van der Waals surface area contributed by atoms with Gasteiger partial charge in [0, 0.05) is 19.3 Å². The zero-order valence-corrected chi connectivity index (χ0v) is 8.90. The van der Waals surface area contributed by atoms with Crippen molar-refractivity contribution in [3.63, 3.8) is 0 Å². The summed E-state index contributed by atoms with van der Waals surface area (Å²) in [5, 5.41) is 8.88. The second kappa shape index (κ2) is 4.59. The fraction of sp³-hybridized carbons (Fsp3) is 0.273. The molecule has 0 fully saturated rings. The lowest BCUT2D eigenvalue weighted by molar-refractivity contribution is 0.0696. The molecule has 1 heterocycles. The van der Waals surface area contributed by atoms with Crippen molar-refractivity contribution in [3.05, 3.63) is 36.0 Å². The summed E-state index contributed by atoms with van der Waals surface area (Å²) in [5.74, 6) is -0.291. The second-order valence-electron chi connectivity index (χ2n) is 3.33. The van der Waals surface area contributed by atoms with E-state index in [1.807, 2.05) is 11.9 Å². The Morgan fingerprint density at radius 2 is 2.33 bits per heavy atom. The first-order valence-corrected chi connectivity index (χ1v) is 4.58. The van der Waals surface area contributed by atoms with Crippen LogP contribution in [0.15, 0.2) is 24.8 Å². The topological polar surface area (TPSA) is 53.4 Å². The molecule has 1 aromatic rings. The molecule has 0 aliphatic carbocycles. The quantitative estimate of drug-likeness (QED) is 0.762. The molecule has 0 aliphatic rings. The number of hydrogen-bond acceptors (Lipinski definition) is 3. The van der Waals surface area contributed by atoms with Gasteiger partial charge in [0.1, 0.15) is 5.82 Å². The van der Waals surface area contributed by atoms with E-state index in [2.05, 4.69) is 11.6 Å². The number of aromatic carboxylic acids is 1. The number of carbonyl (C=O) groups is 1. The average molecular weight is 206 g/mol. The number of aromatic nitrogens is 1. The van der Waals surface area contributed by atoms with Gasteiger partial charge in [-0.05, 0) is 19.1 Å². The van der Waals surface area contributed by atoms with Crippen LogP contribution in [0.4, 0.5) is 5.82 Å². The Hall–Kier alpha value is -1.84. The van der Waals surface area contributed by atoms with E-state index < -0.39 is 5.97 Å². The van der Waals surface area contributed by atoms with E-state index in [1.165, 1.54) is 0 Å². The van der Waals surface area contributed by atoms with Crippen molar-refractivity contribution in [1.82, 2.24) is 4.98 Å². The van der Waals surface area contributed by atoms with Gasteiger partial charge in [-0.1, -0.05) is 6.08 Å². The fourth-order valence-electron chi connectivity index (χ4n) is 1.26. The van der Waals surface area contributed by atoms with Crippen LogP contribution in [0, 0.1) is 6.92 Å². The van der Waals surface area contributed by atoms with Crippen LogP contribution in [0.3, 0.4) is 0 Å². The van der Waals surface area contributed by atoms with Gasteiger partial charge in [-0.25, -0.2) is 9.78 Å². The molecule has 0 saturated carbocycles. The highest BCUT2D eigenvalue weighted by molar-refractivity contribution is 5.88. The number of nitrogens with zero attached hydrogens (tertiary/aromatic N) is 2. The van der Waals surface area contributed by atoms with Gasteiger partial charge in [0.05, 0.1) is 5.56 Å². The summed E-state index contributed by atoms with van der Waals surface area (Å²) < 4.78 is 0. The monoisotopic (exact) mass is 206 g/mol. The molecule has 1 rings (SSSR count). The van der Waals surface area contributed by atoms with Gasteiger partial charge in [-0.15, -0.1) is 6.58 Å². The number of rotatable bonds is 4. The predicted molar refractivity (Wildman–Crippen MR) is 59.4 cm³/mol. The third-order valence-electron chi connectivity index (χ3n) is 1.98. The first-order chi connectivity index (χ1) is 7.04. The van der Waals surface area contributed by atoms with Crippen molar-refractivity contribution < 1.29 is 9.90 Å². The molecule has 0 aliphatic heterocycles. The molecule has 0 radical (unpaired) electrons. The average Bonchev–Trinajstić information content (AvgIpc) is 2.17. The SMILES string of the molecule is C=CCN(C)c1cc(C(=O)O)cc(C)n1. The van der Waals surface area contributed by atoms with Gasteiger partial charge in [0.15, 0.2) is 0 Å². The lowest BCUT2D eigenvalue weighted by atomic mass is 10.2. The summed E-state index contributed by atoms with van der Waals surface area (Å²) in [4.78, 5) is 16.9. The maximum absolute atomic E-state index is 10.8. The molecule has 4 heteroatoms. The van der Waals surface area contributed by atoms with Crippen molar-refractivity contribution in [2.24, 2.45) is 0 Å². The number of pyridine rings is 1. The number of hydrogen-bond donors (Lipinski definition) is 1. The molecular weight excluding hydrogens is 192 g/mol. The van der Waals surface area contributed by atoms with E-state index in [9.17, 15) is 4.79 Å². The summed E-state index contributed by atoms with van der Waals surface area (Å²) in [6, 6.07) is 3.10. The summed E-state index contributed by atoms with van der Waals surface area (Å²) >= 11 is 0. The Bertz CT molecular complexity index is 388. The van der Waals surface area contributed by atoms with E-state index in [4.69, 9.17) is 5.11 Å². The molecule has 0 aromatic carbocycles. The third kappa shape index (κ3) is 2.80. The Balaban J connectivity index is 3.08. The Morgan fingerprint density at radius 3 is 2.87 bits per heavy atom. The lowest BCUT2D eigenvalue weighted by Crippen LogP contribution is -2.18. The van der Waals surface area contributed by atoms with Crippen LogP contribution in [0.25, 0.3) is 0 Å². The zero-order valence-electron chi connectivity index (χ0n) is 8.90. The first kappa shape index (κ1) is 11.2. The van der Waals surface area contributed by atoms with Crippen molar-refractivity contribution in [2.45, 2.75) is 6.92 Å². The van der Waals surface area contributed by atoms with Gasteiger partial charge in [0.2, 0.25) is 0 Å². The highest BCUT2D eigenvalue weighted by Crippen LogP contribution is 2.13. The van der Waals surface area contributed by atoms with E-state index in [0.29, 0.717) is 18.1 Å². The Labute approximate surface area is 88.9 Å². The summed E-state index contributed by atoms with van der Waals surface area (Å²) in [7, 11) is 1.84. The van der Waals surface area contributed by atoms with Gasteiger partial charge in [-0.2, -0.15) is 0 Å². The van der Waals surface area contributed by atoms with Gasteiger partial charge < -0.3 is 10.0 Å². The van der Waals surface area contributed by atoms with Crippen LogP contribution in [0.1, 0.15) is 16.1 Å². The van der Waals surface area contributed by atoms with Crippen molar-refractivity contribution >= 4 is 11.8 Å². The predicted octanol–water partition coefficient (Wildman–Crippen LogP) is 1.71. The van der Waals surface area contributed by atoms with Crippen molar-refractivity contribution in [2.75, 3.05) is 18.5 Å². The molecule has 0 bridgehead atoms. The Kier molecular flexibility index (Phi) is 3.44. The number of anilines is 1. The molecule has 80 valence electrons. The zero-order chi connectivity index (χ0) is 11.4. The second-order valence-corrected chi connectivity index (χ2v) is 3.33. The van der Waals surface area contributed by atoms with Crippen LogP contribution in [0.5, 0.6) is 0 Å². The summed E-state index contributed by atoms with van der Waals surface area (Å²) in [5.41, 5.74) is 0.953. The molecule has 15 heavy (non-hydrogen) atoms. The van der Waals surface area contributed by atoms with Crippen molar-refractivity contribution in [1.29, 1.82) is 0 Å². The highest BCUT2D eigenvalue weighted by atomic mass is 16.4. The molecule has 0 atom stereocenters. The smallest absolute Gasteiger partial charge is 0.335 e. The molecule has 4 nitrogen and oxygen atoms in total. The van der Waals surface area contributed by atoms with Crippen LogP contribution in [-0.4, -0.2) is 29.7 Å². The molecule has 0 amide bonds. The minimum atomic E-state index is -0.936.